The maximum absolute atomic E-state index is 13.3. The van der Waals surface area contributed by atoms with E-state index in [1.807, 2.05) is 16.7 Å². The van der Waals surface area contributed by atoms with E-state index in [1.54, 1.807) is 35.4 Å². The number of imidazole rings is 2. The zero-order valence-electron chi connectivity index (χ0n) is 13.7. The van der Waals surface area contributed by atoms with Crippen molar-refractivity contribution < 1.29 is 4.39 Å². The lowest BCUT2D eigenvalue weighted by Gasteiger charge is -2.11. The summed E-state index contributed by atoms with van der Waals surface area (Å²) in [6.45, 7) is 7.60. The van der Waals surface area contributed by atoms with E-state index in [0.717, 1.165) is 29.7 Å². The van der Waals surface area contributed by atoms with Crippen LogP contribution in [0.4, 0.5) is 4.39 Å². The molecule has 3 heterocycles. The summed E-state index contributed by atoms with van der Waals surface area (Å²) in [5.41, 5.74) is 3.09. The van der Waals surface area contributed by atoms with Crippen molar-refractivity contribution in [2.75, 3.05) is 0 Å². The van der Waals surface area contributed by atoms with E-state index in [9.17, 15) is 4.39 Å². The first-order chi connectivity index (χ1) is 12.7. The lowest BCUT2D eigenvalue weighted by molar-refractivity contribution is 0.594. The highest BCUT2D eigenvalue weighted by Gasteiger charge is 2.54. The predicted octanol–water partition coefficient (Wildman–Crippen LogP) is 3.76. The average Bonchev–Trinajstić information content (AvgIpc) is 3.11. The van der Waals surface area contributed by atoms with Gasteiger partial charge >= 0.3 is 5.66 Å². The molecule has 26 heavy (non-hydrogen) atoms. The van der Waals surface area contributed by atoms with E-state index in [0.29, 0.717) is 11.4 Å². The number of rotatable bonds is 3. The van der Waals surface area contributed by atoms with Gasteiger partial charge in [0, 0.05) is 18.0 Å². The highest BCUT2D eigenvalue weighted by atomic mass is 19.1. The van der Waals surface area contributed by atoms with Gasteiger partial charge in [0.2, 0.25) is 0 Å². The molecule has 0 amide bonds. The first-order valence-corrected chi connectivity index (χ1v) is 8.23. The van der Waals surface area contributed by atoms with Crippen molar-refractivity contribution in [1.82, 2.24) is 24.1 Å². The molecule has 1 saturated carbocycles. The predicted molar refractivity (Wildman–Crippen MR) is 93.4 cm³/mol. The third-order valence-corrected chi connectivity index (χ3v) is 4.74. The van der Waals surface area contributed by atoms with Crippen molar-refractivity contribution in [3.8, 4) is 22.6 Å². The minimum Gasteiger partial charge on any atom is -0.286 e. The number of aromatic nitrogens is 5. The highest BCUT2D eigenvalue weighted by molar-refractivity contribution is 5.77. The largest absolute Gasteiger partial charge is 0.313 e. The number of benzene rings is 1. The first kappa shape index (κ1) is 14.8. The summed E-state index contributed by atoms with van der Waals surface area (Å²) in [4.78, 5) is 12.6. The number of hydrogen-bond donors (Lipinski definition) is 0. The lowest BCUT2D eigenvalue weighted by Crippen LogP contribution is -2.13. The Kier molecular flexibility index (Phi) is 2.97. The molecule has 0 aliphatic heterocycles. The van der Waals surface area contributed by atoms with Crippen LogP contribution in [-0.2, 0) is 5.66 Å². The van der Waals surface area contributed by atoms with E-state index in [1.165, 1.54) is 12.1 Å². The molecular formula is C19H13FN6. The molecule has 0 spiro atoms. The highest BCUT2D eigenvalue weighted by Crippen LogP contribution is 2.48. The van der Waals surface area contributed by atoms with Crippen molar-refractivity contribution in [2.24, 2.45) is 0 Å². The Balaban J connectivity index is 1.76. The number of nitrogens with zero attached hydrogens (tertiary/aromatic N) is 6. The Morgan fingerprint density at radius 2 is 1.88 bits per heavy atom. The smallest absolute Gasteiger partial charge is 0.286 e. The van der Waals surface area contributed by atoms with Gasteiger partial charge in [0.25, 0.3) is 0 Å². The average molecular weight is 344 g/mol. The van der Waals surface area contributed by atoms with Crippen LogP contribution in [0.2, 0.25) is 0 Å². The topological polar surface area (TPSA) is 52.4 Å². The number of halogens is 1. The normalized spacial score (nSPS) is 15.1. The molecule has 126 valence electrons. The van der Waals surface area contributed by atoms with Gasteiger partial charge in [-0.2, -0.15) is 5.10 Å². The molecular weight excluding hydrogens is 331 g/mol. The van der Waals surface area contributed by atoms with Gasteiger partial charge in [-0.25, -0.2) is 25.4 Å². The standard InChI is InChI=1S/C19H13FN6/c1-21-19(8-9-19)25-12-23-17(13-2-4-14(20)5-3-13)18(25)15-6-7-16-22-10-11-26(16)24-15/h2-7,10-12H,8-9H2. The fourth-order valence-corrected chi connectivity index (χ4v) is 3.19. The van der Waals surface area contributed by atoms with Crippen LogP contribution in [0.15, 0.2) is 55.1 Å². The molecule has 0 bridgehead atoms. The van der Waals surface area contributed by atoms with Gasteiger partial charge in [0.05, 0.1) is 18.5 Å². The Labute approximate surface area is 148 Å². The lowest BCUT2D eigenvalue weighted by atomic mass is 10.1. The molecule has 0 saturated heterocycles. The second kappa shape index (κ2) is 5.23. The number of hydrogen-bond acceptors (Lipinski definition) is 3. The molecule has 1 aliphatic carbocycles. The van der Waals surface area contributed by atoms with Crippen molar-refractivity contribution in [2.45, 2.75) is 18.5 Å². The van der Waals surface area contributed by atoms with Crippen molar-refractivity contribution in [1.29, 1.82) is 0 Å². The van der Waals surface area contributed by atoms with Crippen molar-refractivity contribution in [3.63, 3.8) is 0 Å². The van der Waals surface area contributed by atoms with Gasteiger partial charge in [0.1, 0.15) is 23.5 Å². The molecule has 0 atom stereocenters. The fourth-order valence-electron chi connectivity index (χ4n) is 3.19. The quantitative estimate of drug-likeness (QED) is 0.532. The minimum atomic E-state index is -0.591. The molecule has 4 aromatic rings. The van der Waals surface area contributed by atoms with Gasteiger partial charge in [-0.15, -0.1) is 0 Å². The monoisotopic (exact) mass is 344 g/mol. The first-order valence-electron chi connectivity index (χ1n) is 8.23. The second-order valence-electron chi connectivity index (χ2n) is 6.36. The van der Waals surface area contributed by atoms with E-state index in [-0.39, 0.29) is 5.82 Å². The summed E-state index contributed by atoms with van der Waals surface area (Å²) >= 11 is 0. The zero-order valence-corrected chi connectivity index (χ0v) is 13.7. The Bertz CT molecular complexity index is 1160. The van der Waals surface area contributed by atoms with Crippen LogP contribution in [0.5, 0.6) is 0 Å². The fraction of sp³-hybridized carbons (Fsp3) is 0.158. The third kappa shape index (κ3) is 2.12. The van der Waals surface area contributed by atoms with Crippen LogP contribution >= 0.6 is 0 Å². The van der Waals surface area contributed by atoms with Crippen molar-refractivity contribution in [3.05, 3.63) is 72.4 Å². The van der Waals surface area contributed by atoms with Gasteiger partial charge in [0.15, 0.2) is 5.65 Å². The van der Waals surface area contributed by atoms with E-state index in [4.69, 9.17) is 6.57 Å². The van der Waals surface area contributed by atoms with Crippen LogP contribution in [-0.4, -0.2) is 24.1 Å². The zero-order chi connectivity index (χ0) is 17.7. The van der Waals surface area contributed by atoms with Crippen LogP contribution < -0.4 is 0 Å². The van der Waals surface area contributed by atoms with Crippen LogP contribution in [0.1, 0.15) is 12.8 Å². The molecule has 5 rings (SSSR count). The van der Waals surface area contributed by atoms with Gasteiger partial charge in [-0.1, -0.05) is 0 Å². The van der Waals surface area contributed by atoms with Crippen LogP contribution in [0.25, 0.3) is 33.1 Å². The molecule has 0 radical (unpaired) electrons. The summed E-state index contributed by atoms with van der Waals surface area (Å²) in [7, 11) is 0. The van der Waals surface area contributed by atoms with Gasteiger partial charge in [-0.05, 0) is 36.4 Å². The maximum atomic E-state index is 13.3. The Morgan fingerprint density at radius 3 is 2.62 bits per heavy atom. The molecule has 6 nitrogen and oxygen atoms in total. The molecule has 0 unspecified atom stereocenters. The Morgan fingerprint density at radius 1 is 1.08 bits per heavy atom. The summed E-state index contributed by atoms with van der Waals surface area (Å²) in [6, 6.07) is 9.96. The molecule has 1 fully saturated rings. The maximum Gasteiger partial charge on any atom is 0.313 e. The molecule has 1 aromatic carbocycles. The van der Waals surface area contributed by atoms with E-state index in [2.05, 4.69) is 19.9 Å². The minimum absolute atomic E-state index is 0.299. The summed E-state index contributed by atoms with van der Waals surface area (Å²) in [5, 5.41) is 4.63. The molecule has 0 N–H and O–H groups in total. The van der Waals surface area contributed by atoms with E-state index >= 15 is 0 Å². The second-order valence-corrected chi connectivity index (χ2v) is 6.36. The molecule has 7 heteroatoms. The van der Waals surface area contributed by atoms with Gasteiger partial charge < -0.3 is 0 Å². The number of fused-ring (bicyclic) bond motifs is 1. The summed E-state index contributed by atoms with van der Waals surface area (Å²) in [5.74, 6) is -0.299. The van der Waals surface area contributed by atoms with Crippen LogP contribution in [0, 0.1) is 12.4 Å². The summed E-state index contributed by atoms with van der Waals surface area (Å²) < 4.78 is 16.9. The SMILES string of the molecule is [C-]#[N+]C1(n2cnc(-c3ccc(F)cc3)c2-c2ccc3nccn3n2)CC1. The third-order valence-electron chi connectivity index (χ3n) is 4.74. The van der Waals surface area contributed by atoms with E-state index < -0.39 is 5.66 Å². The van der Waals surface area contributed by atoms with Crippen molar-refractivity contribution >= 4 is 5.65 Å². The van der Waals surface area contributed by atoms with Gasteiger partial charge in [-0.3, -0.25) is 9.41 Å². The molecule has 3 aromatic heterocycles. The van der Waals surface area contributed by atoms with Crippen LogP contribution in [0.3, 0.4) is 0 Å². The molecule has 1 aliphatic rings. The summed E-state index contributed by atoms with van der Waals surface area (Å²) in [6.07, 6.45) is 6.73. The Hall–Kier alpha value is -3.53.